The van der Waals surface area contributed by atoms with Crippen LogP contribution in [-0.4, -0.2) is 23.5 Å². The van der Waals surface area contributed by atoms with Crippen LogP contribution >= 0.6 is 0 Å². The predicted molar refractivity (Wildman–Crippen MR) is 58.5 cm³/mol. The fourth-order valence-electron chi connectivity index (χ4n) is 1.31. The molecular weight excluding hydrogens is 210 g/mol. The average Bonchev–Trinajstić information content (AvgIpc) is 2.57. The molecule has 0 unspecified atom stereocenters. The number of rotatable bonds is 4. The quantitative estimate of drug-likeness (QED) is 0.305. The number of nitrogens with two attached hydrogens (primary N) is 1. The lowest BCUT2D eigenvalue weighted by Gasteiger charge is -2.02. The fraction of sp³-hybridized carbons (Fsp3) is 0.400. The van der Waals surface area contributed by atoms with E-state index >= 15 is 0 Å². The number of carbonyl (C=O) groups is 1. The summed E-state index contributed by atoms with van der Waals surface area (Å²) in [5, 5.41) is 13.8. The second kappa shape index (κ2) is 5.20. The minimum Gasteiger partial charge on any atom is -0.466 e. The lowest BCUT2D eigenvalue weighted by molar-refractivity contribution is 0.0953. The molecule has 0 radical (unpaired) electrons. The Bertz CT molecular complexity index is 409. The minimum atomic E-state index is -0.222. The molecule has 0 saturated heterocycles. The van der Waals surface area contributed by atoms with Crippen LogP contribution in [0.3, 0.4) is 0 Å². The molecule has 6 heteroatoms. The number of hydrogen-bond donors (Lipinski definition) is 3. The maximum atomic E-state index is 11.6. The van der Waals surface area contributed by atoms with Crippen molar-refractivity contribution in [2.45, 2.75) is 20.3 Å². The number of carbonyl (C=O) groups excluding carboxylic acids is 1. The van der Waals surface area contributed by atoms with E-state index in [4.69, 9.17) is 15.4 Å². The van der Waals surface area contributed by atoms with E-state index in [-0.39, 0.29) is 11.7 Å². The molecule has 0 aliphatic rings. The highest BCUT2D eigenvalue weighted by Gasteiger charge is 2.12. The Morgan fingerprint density at radius 3 is 2.81 bits per heavy atom. The number of oxime groups is 1. The maximum absolute atomic E-state index is 11.6. The smallest absolute Gasteiger partial charge is 0.254 e. The first-order valence-electron chi connectivity index (χ1n) is 4.86. The largest absolute Gasteiger partial charge is 0.466 e. The zero-order valence-corrected chi connectivity index (χ0v) is 9.28. The molecule has 16 heavy (non-hydrogen) atoms. The van der Waals surface area contributed by atoms with E-state index in [0.717, 1.165) is 0 Å². The molecule has 1 rings (SSSR count). The summed E-state index contributed by atoms with van der Waals surface area (Å²) in [6.45, 7) is 3.82. The van der Waals surface area contributed by atoms with Gasteiger partial charge in [-0.25, -0.2) is 0 Å². The Balaban J connectivity index is 2.50. The van der Waals surface area contributed by atoms with Gasteiger partial charge in [0.2, 0.25) is 0 Å². The van der Waals surface area contributed by atoms with Gasteiger partial charge in [-0.1, -0.05) is 5.16 Å². The van der Waals surface area contributed by atoms with E-state index in [2.05, 4.69) is 10.5 Å². The van der Waals surface area contributed by atoms with Gasteiger partial charge in [-0.2, -0.15) is 0 Å². The van der Waals surface area contributed by atoms with Gasteiger partial charge < -0.3 is 20.7 Å². The van der Waals surface area contributed by atoms with Crippen LogP contribution in [0.4, 0.5) is 0 Å². The van der Waals surface area contributed by atoms with Gasteiger partial charge in [0.1, 0.15) is 17.4 Å². The number of nitrogens with zero attached hydrogens (tertiary/aromatic N) is 1. The number of aryl methyl sites for hydroxylation is 2. The Hall–Kier alpha value is -1.98. The lowest BCUT2D eigenvalue weighted by Crippen LogP contribution is -2.28. The van der Waals surface area contributed by atoms with Gasteiger partial charge in [0, 0.05) is 13.0 Å². The van der Waals surface area contributed by atoms with E-state index in [1.165, 1.54) is 0 Å². The SMILES string of the molecule is Cc1cc(C(=O)NCCC(N)=NO)c(C)o1. The molecule has 0 spiro atoms. The number of hydrogen-bond acceptors (Lipinski definition) is 4. The molecule has 0 aliphatic heterocycles. The first kappa shape index (κ1) is 12.1. The molecule has 1 heterocycles. The summed E-state index contributed by atoms with van der Waals surface area (Å²) in [5.41, 5.74) is 5.77. The lowest BCUT2D eigenvalue weighted by atomic mass is 10.2. The van der Waals surface area contributed by atoms with Crippen LogP contribution in [0, 0.1) is 13.8 Å². The maximum Gasteiger partial charge on any atom is 0.254 e. The van der Waals surface area contributed by atoms with Crippen LogP contribution in [0.25, 0.3) is 0 Å². The van der Waals surface area contributed by atoms with E-state index < -0.39 is 0 Å². The van der Waals surface area contributed by atoms with Crippen molar-refractivity contribution in [1.82, 2.24) is 5.32 Å². The van der Waals surface area contributed by atoms with Crippen molar-refractivity contribution in [3.63, 3.8) is 0 Å². The van der Waals surface area contributed by atoms with Crippen molar-refractivity contribution < 1.29 is 14.4 Å². The van der Waals surface area contributed by atoms with Gasteiger partial charge in [-0.15, -0.1) is 0 Å². The summed E-state index contributed by atoms with van der Waals surface area (Å²) in [6, 6.07) is 1.67. The third kappa shape index (κ3) is 3.01. The number of nitrogens with one attached hydrogen (secondary N) is 1. The van der Waals surface area contributed by atoms with Gasteiger partial charge in [0.25, 0.3) is 5.91 Å². The molecule has 0 saturated carbocycles. The second-order valence-electron chi connectivity index (χ2n) is 3.42. The van der Waals surface area contributed by atoms with Gasteiger partial charge in [0.05, 0.1) is 5.56 Å². The van der Waals surface area contributed by atoms with Crippen LogP contribution in [0.1, 0.15) is 28.3 Å². The highest BCUT2D eigenvalue weighted by atomic mass is 16.4. The van der Waals surface area contributed by atoms with Gasteiger partial charge in [-0.3, -0.25) is 4.79 Å². The molecule has 0 aromatic carbocycles. The summed E-state index contributed by atoms with van der Waals surface area (Å²) in [6.07, 6.45) is 0.304. The molecule has 0 atom stereocenters. The van der Waals surface area contributed by atoms with Crippen LogP contribution < -0.4 is 11.1 Å². The van der Waals surface area contributed by atoms with Crippen molar-refractivity contribution >= 4 is 11.7 Å². The third-order valence-corrected chi connectivity index (χ3v) is 2.08. The number of furan rings is 1. The van der Waals surface area contributed by atoms with E-state index in [1.807, 2.05) is 0 Å². The normalized spacial score (nSPS) is 11.5. The average molecular weight is 225 g/mol. The van der Waals surface area contributed by atoms with Crippen molar-refractivity contribution in [1.29, 1.82) is 0 Å². The van der Waals surface area contributed by atoms with E-state index in [1.54, 1.807) is 19.9 Å². The molecule has 0 aliphatic carbocycles. The zero-order valence-electron chi connectivity index (χ0n) is 9.28. The summed E-state index contributed by atoms with van der Waals surface area (Å²) in [5.74, 6) is 1.14. The number of amides is 1. The Kier molecular flexibility index (Phi) is 3.93. The van der Waals surface area contributed by atoms with Crippen molar-refractivity contribution in [3.8, 4) is 0 Å². The van der Waals surface area contributed by atoms with E-state index in [0.29, 0.717) is 30.0 Å². The van der Waals surface area contributed by atoms with Crippen LogP contribution in [-0.2, 0) is 0 Å². The van der Waals surface area contributed by atoms with Gasteiger partial charge in [0.15, 0.2) is 0 Å². The molecule has 88 valence electrons. The summed E-state index contributed by atoms with van der Waals surface area (Å²) >= 11 is 0. The van der Waals surface area contributed by atoms with Crippen molar-refractivity contribution in [2.24, 2.45) is 10.9 Å². The predicted octanol–water partition coefficient (Wildman–Crippen LogP) is 0.763. The first-order chi connectivity index (χ1) is 7.54. The zero-order chi connectivity index (χ0) is 12.1. The third-order valence-electron chi connectivity index (χ3n) is 2.08. The topological polar surface area (TPSA) is 101 Å². The summed E-state index contributed by atoms with van der Waals surface area (Å²) in [4.78, 5) is 11.6. The highest BCUT2D eigenvalue weighted by Crippen LogP contribution is 2.13. The standard InChI is InChI=1S/C10H15N3O3/c1-6-5-8(7(2)16-6)10(14)12-4-3-9(11)13-15/h5,15H,3-4H2,1-2H3,(H2,11,13)(H,12,14). The van der Waals surface area contributed by atoms with E-state index in [9.17, 15) is 4.79 Å². The van der Waals surface area contributed by atoms with Gasteiger partial charge in [-0.05, 0) is 19.9 Å². The fourth-order valence-corrected chi connectivity index (χ4v) is 1.31. The molecule has 0 bridgehead atoms. The molecule has 1 amide bonds. The molecule has 0 fully saturated rings. The molecule has 1 aromatic heterocycles. The summed E-state index contributed by atoms with van der Waals surface area (Å²) in [7, 11) is 0. The minimum absolute atomic E-state index is 0.0837. The van der Waals surface area contributed by atoms with Gasteiger partial charge >= 0.3 is 0 Å². The number of amidine groups is 1. The monoisotopic (exact) mass is 225 g/mol. The summed E-state index contributed by atoms with van der Waals surface area (Å²) < 4.78 is 5.23. The first-order valence-corrected chi connectivity index (χ1v) is 4.86. The Morgan fingerprint density at radius 1 is 1.62 bits per heavy atom. The Labute approximate surface area is 93.1 Å². The van der Waals surface area contributed by atoms with Crippen LogP contribution in [0.5, 0.6) is 0 Å². The van der Waals surface area contributed by atoms with Crippen molar-refractivity contribution in [3.05, 3.63) is 23.2 Å². The molecule has 4 N–H and O–H groups in total. The van der Waals surface area contributed by atoms with Crippen molar-refractivity contribution in [2.75, 3.05) is 6.54 Å². The second-order valence-corrected chi connectivity index (χ2v) is 3.42. The highest BCUT2D eigenvalue weighted by molar-refractivity contribution is 5.95. The molecule has 1 aromatic rings. The van der Waals surface area contributed by atoms with Crippen LogP contribution in [0.2, 0.25) is 0 Å². The Morgan fingerprint density at radius 2 is 2.31 bits per heavy atom. The molecule has 6 nitrogen and oxygen atoms in total. The van der Waals surface area contributed by atoms with Crippen LogP contribution in [0.15, 0.2) is 15.6 Å². The molecular formula is C10H15N3O3.